The molecule has 1 aromatic carbocycles. The number of anilines is 1. The van der Waals surface area contributed by atoms with Crippen molar-refractivity contribution < 1.29 is 4.79 Å². The quantitative estimate of drug-likeness (QED) is 0.719. The molecule has 0 radical (unpaired) electrons. The van der Waals surface area contributed by atoms with Gasteiger partial charge in [-0.2, -0.15) is 10.2 Å². The number of nitrogens with one attached hydrogen (secondary N) is 1. The maximum atomic E-state index is 12.9. The van der Waals surface area contributed by atoms with Crippen LogP contribution in [0.4, 0.5) is 5.69 Å². The van der Waals surface area contributed by atoms with Gasteiger partial charge in [0, 0.05) is 6.20 Å². The van der Waals surface area contributed by atoms with Crippen LogP contribution in [0.3, 0.4) is 0 Å². The van der Waals surface area contributed by atoms with E-state index in [1.807, 2.05) is 30.7 Å². The molecule has 0 bridgehead atoms. The molecule has 0 saturated carbocycles. The number of hydrogen-bond acceptors (Lipinski definition) is 3. The number of aromatic nitrogens is 4. The summed E-state index contributed by atoms with van der Waals surface area (Å²) in [6.45, 7) is 10.2. The first kappa shape index (κ1) is 19.2. The molecule has 1 amide bonds. The summed E-state index contributed by atoms with van der Waals surface area (Å²) in [6, 6.07) is 8.22. The standard InChI is InChI=1S/C20H24ClN5O/c1-13-8-6-7-9-16(13)11-25-15(3)18(14(2)24-25)23-19(27)20(4,5)26-12-17(21)10-22-26/h6-10,12H,11H2,1-5H3,(H,23,27). The smallest absolute Gasteiger partial charge is 0.251 e. The predicted molar refractivity (Wildman–Crippen MR) is 107 cm³/mol. The van der Waals surface area contributed by atoms with Crippen molar-refractivity contribution in [2.24, 2.45) is 0 Å². The van der Waals surface area contributed by atoms with Crippen LogP contribution >= 0.6 is 11.6 Å². The summed E-state index contributed by atoms with van der Waals surface area (Å²) in [5, 5.41) is 12.3. The number of aryl methyl sites for hydroxylation is 2. The highest BCUT2D eigenvalue weighted by Gasteiger charge is 2.32. The largest absolute Gasteiger partial charge is 0.321 e. The zero-order valence-corrected chi connectivity index (χ0v) is 17.0. The van der Waals surface area contributed by atoms with Crippen molar-refractivity contribution in [2.75, 3.05) is 5.32 Å². The molecule has 27 heavy (non-hydrogen) atoms. The van der Waals surface area contributed by atoms with Gasteiger partial charge in [0.1, 0.15) is 5.54 Å². The number of carbonyl (C=O) groups excluding carboxylic acids is 1. The molecule has 2 aromatic heterocycles. The molecule has 3 aromatic rings. The molecule has 0 fully saturated rings. The Hall–Kier alpha value is -2.60. The summed E-state index contributed by atoms with van der Waals surface area (Å²) in [6.07, 6.45) is 3.16. The lowest BCUT2D eigenvalue weighted by Crippen LogP contribution is -2.40. The van der Waals surface area contributed by atoms with E-state index in [4.69, 9.17) is 11.6 Å². The second-order valence-corrected chi connectivity index (χ2v) is 7.68. The number of amides is 1. The first-order chi connectivity index (χ1) is 12.7. The van der Waals surface area contributed by atoms with E-state index in [1.54, 1.807) is 24.7 Å². The van der Waals surface area contributed by atoms with Gasteiger partial charge in [-0.05, 0) is 45.7 Å². The van der Waals surface area contributed by atoms with Gasteiger partial charge in [0.2, 0.25) is 0 Å². The van der Waals surface area contributed by atoms with Crippen molar-refractivity contribution in [1.82, 2.24) is 19.6 Å². The first-order valence-electron chi connectivity index (χ1n) is 8.80. The van der Waals surface area contributed by atoms with E-state index in [-0.39, 0.29) is 5.91 Å². The SMILES string of the molecule is Cc1ccccc1Cn1nc(C)c(NC(=O)C(C)(C)n2cc(Cl)cn2)c1C. The van der Waals surface area contributed by atoms with Crippen molar-refractivity contribution in [3.8, 4) is 0 Å². The van der Waals surface area contributed by atoms with Gasteiger partial charge in [0.05, 0.1) is 34.8 Å². The Morgan fingerprint density at radius 1 is 1.22 bits per heavy atom. The molecule has 0 aliphatic heterocycles. The molecule has 0 atom stereocenters. The first-order valence-corrected chi connectivity index (χ1v) is 9.18. The Kier molecular flexibility index (Phi) is 5.11. The van der Waals surface area contributed by atoms with E-state index >= 15 is 0 Å². The van der Waals surface area contributed by atoms with Crippen LogP contribution < -0.4 is 5.32 Å². The maximum absolute atomic E-state index is 12.9. The van der Waals surface area contributed by atoms with Crippen LogP contribution in [0.25, 0.3) is 0 Å². The van der Waals surface area contributed by atoms with Gasteiger partial charge in [-0.25, -0.2) is 0 Å². The van der Waals surface area contributed by atoms with Crippen LogP contribution in [-0.4, -0.2) is 25.5 Å². The minimum Gasteiger partial charge on any atom is -0.321 e. The average molecular weight is 386 g/mol. The minimum absolute atomic E-state index is 0.177. The third-order valence-corrected chi connectivity index (χ3v) is 5.08. The second-order valence-electron chi connectivity index (χ2n) is 7.25. The predicted octanol–water partition coefficient (Wildman–Crippen LogP) is 4.08. The molecule has 1 N–H and O–H groups in total. The van der Waals surface area contributed by atoms with Crippen LogP contribution in [0, 0.1) is 20.8 Å². The lowest BCUT2D eigenvalue weighted by Gasteiger charge is -2.24. The lowest BCUT2D eigenvalue weighted by atomic mass is 10.0. The fourth-order valence-corrected chi connectivity index (χ4v) is 3.09. The number of benzene rings is 1. The Labute approximate surface area is 164 Å². The zero-order valence-electron chi connectivity index (χ0n) is 16.2. The van der Waals surface area contributed by atoms with Crippen LogP contribution in [0.5, 0.6) is 0 Å². The van der Waals surface area contributed by atoms with Crippen LogP contribution in [-0.2, 0) is 16.9 Å². The van der Waals surface area contributed by atoms with Crippen molar-refractivity contribution in [2.45, 2.75) is 46.7 Å². The molecular weight excluding hydrogens is 362 g/mol. The van der Waals surface area contributed by atoms with Gasteiger partial charge in [-0.3, -0.25) is 14.2 Å². The third-order valence-electron chi connectivity index (χ3n) is 4.88. The fraction of sp³-hybridized carbons (Fsp3) is 0.350. The summed E-state index contributed by atoms with van der Waals surface area (Å²) in [7, 11) is 0. The van der Waals surface area contributed by atoms with Gasteiger partial charge < -0.3 is 5.32 Å². The summed E-state index contributed by atoms with van der Waals surface area (Å²) in [4.78, 5) is 12.9. The van der Waals surface area contributed by atoms with Gasteiger partial charge >= 0.3 is 0 Å². The molecule has 0 spiro atoms. The van der Waals surface area contributed by atoms with E-state index in [9.17, 15) is 4.79 Å². The van der Waals surface area contributed by atoms with Crippen molar-refractivity contribution in [3.63, 3.8) is 0 Å². The van der Waals surface area contributed by atoms with E-state index in [0.29, 0.717) is 11.6 Å². The van der Waals surface area contributed by atoms with Gasteiger partial charge in [0.15, 0.2) is 0 Å². The number of nitrogens with zero attached hydrogens (tertiary/aromatic N) is 4. The van der Waals surface area contributed by atoms with E-state index in [1.165, 1.54) is 17.3 Å². The molecule has 0 aliphatic rings. The number of hydrogen-bond donors (Lipinski definition) is 1. The van der Waals surface area contributed by atoms with Crippen molar-refractivity contribution in [1.29, 1.82) is 0 Å². The highest BCUT2D eigenvalue weighted by atomic mass is 35.5. The normalized spacial score (nSPS) is 11.6. The topological polar surface area (TPSA) is 64.7 Å². The van der Waals surface area contributed by atoms with Crippen LogP contribution in [0.1, 0.15) is 36.4 Å². The van der Waals surface area contributed by atoms with Crippen molar-refractivity contribution in [3.05, 3.63) is 64.2 Å². The summed E-state index contributed by atoms with van der Waals surface area (Å²) in [5.41, 5.74) is 3.96. The fourth-order valence-electron chi connectivity index (χ4n) is 2.96. The average Bonchev–Trinajstić information content (AvgIpc) is 3.16. The van der Waals surface area contributed by atoms with Gasteiger partial charge in [-0.15, -0.1) is 0 Å². The minimum atomic E-state index is -0.885. The number of halogens is 1. The van der Waals surface area contributed by atoms with Crippen LogP contribution in [0.15, 0.2) is 36.7 Å². The van der Waals surface area contributed by atoms with Crippen molar-refractivity contribution >= 4 is 23.2 Å². The monoisotopic (exact) mass is 385 g/mol. The van der Waals surface area contributed by atoms with Gasteiger partial charge in [0.25, 0.3) is 5.91 Å². The third kappa shape index (κ3) is 3.76. The summed E-state index contributed by atoms with van der Waals surface area (Å²) >= 11 is 5.95. The molecule has 142 valence electrons. The number of carbonyl (C=O) groups is 1. The van der Waals surface area contributed by atoms with Gasteiger partial charge in [-0.1, -0.05) is 35.9 Å². The number of rotatable bonds is 5. The molecule has 3 rings (SSSR count). The highest BCUT2D eigenvalue weighted by molar-refractivity contribution is 6.30. The Morgan fingerprint density at radius 2 is 1.93 bits per heavy atom. The summed E-state index contributed by atoms with van der Waals surface area (Å²) < 4.78 is 3.48. The summed E-state index contributed by atoms with van der Waals surface area (Å²) in [5.74, 6) is -0.177. The zero-order chi connectivity index (χ0) is 19.8. The second kappa shape index (κ2) is 7.19. The van der Waals surface area contributed by atoms with Crippen LogP contribution in [0.2, 0.25) is 5.02 Å². The van der Waals surface area contributed by atoms with E-state index in [2.05, 4.69) is 34.6 Å². The molecular formula is C20H24ClN5O. The molecule has 0 unspecified atom stereocenters. The lowest BCUT2D eigenvalue weighted by molar-refractivity contribution is -0.123. The molecule has 0 saturated heterocycles. The van der Waals surface area contributed by atoms with E-state index in [0.717, 1.165) is 17.1 Å². The Bertz CT molecular complexity index is 986. The molecule has 6 nitrogen and oxygen atoms in total. The molecule has 7 heteroatoms. The maximum Gasteiger partial charge on any atom is 0.251 e. The Balaban J connectivity index is 1.84. The molecule has 2 heterocycles. The highest BCUT2D eigenvalue weighted by Crippen LogP contribution is 2.25. The molecule has 0 aliphatic carbocycles. The van der Waals surface area contributed by atoms with E-state index < -0.39 is 5.54 Å². The Morgan fingerprint density at radius 3 is 2.56 bits per heavy atom.